The first-order valence-corrected chi connectivity index (χ1v) is 35.3. The SMILES string of the molecule is CC/C=C\C/C=C\C/C=C\C/C=C\CCCCCCCCCCCCCCCCCCCCCCCCC(=O)NC(COP(=O)(O)OCC[N+](C)(C)C)C(O)/C=C/CC/C=C/CCCCCCCCCCCCCCCCCC. The van der Waals surface area contributed by atoms with Gasteiger partial charge in [0.25, 0.3) is 0 Å². The Morgan fingerprint density at radius 1 is 0.443 bits per heavy atom. The number of nitrogens with one attached hydrogen (secondary N) is 1. The van der Waals surface area contributed by atoms with Gasteiger partial charge in [-0.1, -0.05) is 311 Å². The van der Waals surface area contributed by atoms with Gasteiger partial charge in [0.1, 0.15) is 13.2 Å². The number of aliphatic hydroxyl groups is 1. The summed E-state index contributed by atoms with van der Waals surface area (Å²) in [6, 6.07) is -0.865. The lowest BCUT2D eigenvalue weighted by molar-refractivity contribution is -0.870. The summed E-state index contributed by atoms with van der Waals surface area (Å²) < 4.78 is 23.8. The summed E-state index contributed by atoms with van der Waals surface area (Å²) in [5, 5.41) is 14.0. The Labute approximate surface area is 491 Å². The number of quaternary nitrogens is 1. The fourth-order valence-corrected chi connectivity index (χ4v) is 10.7. The highest BCUT2D eigenvalue weighted by Crippen LogP contribution is 2.43. The molecule has 462 valence electrons. The molecule has 0 aromatic rings. The zero-order valence-electron chi connectivity index (χ0n) is 52.9. The Balaban J connectivity index is 4.05. The fourth-order valence-electron chi connectivity index (χ4n) is 9.94. The first-order chi connectivity index (χ1) is 38.5. The van der Waals surface area contributed by atoms with Crippen LogP contribution < -0.4 is 5.32 Å². The molecule has 0 spiro atoms. The van der Waals surface area contributed by atoms with E-state index in [4.69, 9.17) is 9.05 Å². The molecule has 0 aromatic carbocycles. The molecule has 0 heterocycles. The van der Waals surface area contributed by atoms with Crippen molar-refractivity contribution in [1.29, 1.82) is 0 Å². The van der Waals surface area contributed by atoms with E-state index in [1.54, 1.807) is 6.08 Å². The molecule has 8 nitrogen and oxygen atoms in total. The van der Waals surface area contributed by atoms with Crippen molar-refractivity contribution in [3.8, 4) is 0 Å². The van der Waals surface area contributed by atoms with Crippen LogP contribution in [-0.4, -0.2) is 73.4 Å². The van der Waals surface area contributed by atoms with Crippen molar-refractivity contribution in [3.63, 3.8) is 0 Å². The van der Waals surface area contributed by atoms with E-state index in [9.17, 15) is 19.4 Å². The summed E-state index contributed by atoms with van der Waals surface area (Å²) >= 11 is 0. The van der Waals surface area contributed by atoms with Crippen LogP contribution in [0.1, 0.15) is 316 Å². The van der Waals surface area contributed by atoms with E-state index >= 15 is 0 Å². The predicted molar refractivity (Wildman–Crippen MR) is 346 cm³/mol. The summed E-state index contributed by atoms with van der Waals surface area (Å²) in [5.41, 5.74) is 0. The molecule has 0 saturated heterocycles. The van der Waals surface area contributed by atoms with E-state index in [0.29, 0.717) is 17.4 Å². The lowest BCUT2D eigenvalue weighted by Gasteiger charge is -2.25. The van der Waals surface area contributed by atoms with Crippen LogP contribution in [-0.2, 0) is 18.4 Å². The minimum absolute atomic E-state index is 0.0562. The van der Waals surface area contributed by atoms with E-state index < -0.39 is 20.0 Å². The van der Waals surface area contributed by atoms with Crippen LogP contribution in [0, 0.1) is 0 Å². The zero-order valence-corrected chi connectivity index (χ0v) is 53.8. The molecule has 0 aliphatic rings. The fraction of sp³-hybridized carbons (Fsp3) is 0.814. The Morgan fingerprint density at radius 3 is 1.16 bits per heavy atom. The van der Waals surface area contributed by atoms with Gasteiger partial charge in [0.15, 0.2) is 0 Å². The van der Waals surface area contributed by atoms with Crippen molar-refractivity contribution in [2.45, 2.75) is 328 Å². The van der Waals surface area contributed by atoms with Gasteiger partial charge in [0.2, 0.25) is 5.91 Å². The molecule has 0 aromatic heterocycles. The minimum atomic E-state index is -4.36. The second kappa shape index (κ2) is 60.5. The summed E-state index contributed by atoms with van der Waals surface area (Å²) in [6.45, 7) is 4.72. The molecule has 1 amide bonds. The number of nitrogens with zero attached hydrogens (tertiary/aromatic N) is 1. The summed E-state index contributed by atoms with van der Waals surface area (Å²) in [4.78, 5) is 23.4. The van der Waals surface area contributed by atoms with Crippen molar-refractivity contribution in [3.05, 3.63) is 72.9 Å². The third kappa shape index (κ3) is 63.4. The molecule has 0 aliphatic heterocycles. The molecular formula is C70H132N2O6P+. The molecule has 3 atom stereocenters. The maximum Gasteiger partial charge on any atom is 0.472 e. The van der Waals surface area contributed by atoms with Crippen molar-refractivity contribution in [2.24, 2.45) is 0 Å². The maximum absolute atomic E-state index is 13.0. The molecule has 3 unspecified atom stereocenters. The van der Waals surface area contributed by atoms with Crippen LogP contribution in [0.4, 0.5) is 0 Å². The maximum atomic E-state index is 13.0. The van der Waals surface area contributed by atoms with Crippen molar-refractivity contribution >= 4 is 13.7 Å². The standard InChI is InChI=1S/C70H131N2O6P/c1-6-8-10-12-14-16-18-20-22-24-26-28-30-31-32-33-34-35-36-37-38-39-40-41-42-44-46-48-50-52-54-56-58-60-62-64-70(74)71-68(67-78-79(75,76)77-66-65-72(3,4)5)69(73)63-61-59-57-55-53-51-49-47-45-43-29-27-25-23-21-19-17-15-13-11-9-7-2/h8,10,14,16,20,22,26,28,53,55,61,63,68-69,73H,6-7,9,11-13,15,17-19,21,23-25,27,29-52,54,56-60,62,64-67H2,1-5H3,(H-,71,74,75,76)/p+1/b10-8-,16-14-,22-20-,28-26-,55-53+,63-61+. The molecule has 0 aliphatic carbocycles. The molecule has 0 saturated carbocycles. The number of unbranched alkanes of at least 4 members (excludes halogenated alkanes) is 39. The Hall–Kier alpha value is -2.06. The summed E-state index contributed by atoms with van der Waals surface area (Å²) in [5.74, 6) is -0.182. The van der Waals surface area contributed by atoms with Gasteiger partial charge in [-0.2, -0.15) is 0 Å². The van der Waals surface area contributed by atoms with Crippen LogP contribution in [0.25, 0.3) is 0 Å². The van der Waals surface area contributed by atoms with Crippen LogP contribution >= 0.6 is 7.82 Å². The second-order valence-corrected chi connectivity index (χ2v) is 25.6. The highest BCUT2D eigenvalue weighted by Gasteiger charge is 2.28. The number of aliphatic hydroxyl groups excluding tert-OH is 1. The third-order valence-corrected chi connectivity index (χ3v) is 16.1. The van der Waals surface area contributed by atoms with Gasteiger partial charge < -0.3 is 19.8 Å². The van der Waals surface area contributed by atoms with Gasteiger partial charge in [0, 0.05) is 6.42 Å². The monoisotopic (exact) mass is 1130 g/mol. The van der Waals surface area contributed by atoms with Crippen LogP contribution in [0.3, 0.4) is 0 Å². The average molecular weight is 1130 g/mol. The molecule has 0 bridgehead atoms. The summed E-state index contributed by atoms with van der Waals surface area (Å²) in [7, 11) is 1.56. The molecule has 9 heteroatoms. The summed E-state index contributed by atoms with van der Waals surface area (Å²) in [6.07, 6.45) is 84.8. The number of carbonyl (C=O) groups is 1. The van der Waals surface area contributed by atoms with Crippen LogP contribution in [0.2, 0.25) is 0 Å². The number of hydrogen-bond donors (Lipinski definition) is 3. The lowest BCUT2D eigenvalue weighted by atomic mass is 10.0. The Morgan fingerprint density at radius 2 is 0.772 bits per heavy atom. The number of likely N-dealkylation sites (N-methyl/N-ethyl adjacent to an activating group) is 1. The highest BCUT2D eigenvalue weighted by atomic mass is 31.2. The van der Waals surface area contributed by atoms with Crippen LogP contribution in [0.15, 0.2) is 72.9 Å². The largest absolute Gasteiger partial charge is 0.472 e. The van der Waals surface area contributed by atoms with E-state index in [2.05, 4.69) is 79.9 Å². The number of phosphoric ester groups is 1. The van der Waals surface area contributed by atoms with E-state index in [0.717, 1.165) is 64.2 Å². The zero-order chi connectivity index (χ0) is 57.7. The van der Waals surface area contributed by atoms with E-state index in [1.165, 1.54) is 231 Å². The smallest absolute Gasteiger partial charge is 0.387 e. The first kappa shape index (κ1) is 76.9. The van der Waals surface area contributed by atoms with Crippen LogP contribution in [0.5, 0.6) is 0 Å². The van der Waals surface area contributed by atoms with Crippen molar-refractivity contribution in [2.75, 3.05) is 40.9 Å². The Bertz CT molecular complexity index is 1520. The third-order valence-electron chi connectivity index (χ3n) is 15.2. The van der Waals surface area contributed by atoms with Crippen molar-refractivity contribution in [1.82, 2.24) is 5.32 Å². The van der Waals surface area contributed by atoms with Gasteiger partial charge in [-0.25, -0.2) is 4.57 Å². The topological polar surface area (TPSA) is 105 Å². The second-order valence-electron chi connectivity index (χ2n) is 24.2. The minimum Gasteiger partial charge on any atom is -0.387 e. The highest BCUT2D eigenvalue weighted by molar-refractivity contribution is 7.47. The molecule has 0 fully saturated rings. The van der Waals surface area contributed by atoms with Gasteiger partial charge >= 0.3 is 7.82 Å². The normalized spacial score (nSPS) is 14.2. The average Bonchev–Trinajstić information content (AvgIpc) is 3.42. The van der Waals surface area contributed by atoms with Gasteiger partial charge in [-0.05, 0) is 70.6 Å². The van der Waals surface area contributed by atoms with Gasteiger partial charge in [0.05, 0.1) is 39.9 Å². The number of carbonyl (C=O) groups excluding carboxylic acids is 1. The first-order valence-electron chi connectivity index (χ1n) is 33.8. The van der Waals surface area contributed by atoms with Gasteiger partial charge in [-0.15, -0.1) is 0 Å². The van der Waals surface area contributed by atoms with Crippen molar-refractivity contribution < 1.29 is 32.9 Å². The van der Waals surface area contributed by atoms with E-state index in [1.807, 2.05) is 27.2 Å². The number of allylic oxidation sites excluding steroid dienone is 11. The number of amides is 1. The predicted octanol–water partition coefficient (Wildman–Crippen LogP) is 21.4. The quantitative estimate of drug-likeness (QED) is 0.0243. The van der Waals surface area contributed by atoms with Gasteiger partial charge in [-0.3, -0.25) is 13.8 Å². The molecule has 3 N–H and O–H groups in total. The molecule has 79 heavy (non-hydrogen) atoms. The van der Waals surface area contributed by atoms with E-state index in [-0.39, 0.29) is 19.1 Å². The molecule has 0 rings (SSSR count). The number of phosphoric acid groups is 1. The molecule has 0 radical (unpaired) electrons. The molecular weight excluding hydrogens is 996 g/mol. The lowest BCUT2D eigenvalue weighted by Crippen LogP contribution is -2.45. The Kier molecular flexibility index (Phi) is 59.0. The number of hydrogen-bond acceptors (Lipinski definition) is 5. The number of rotatable bonds is 62.